The maximum absolute atomic E-state index is 11.9. The molecule has 0 rings (SSSR count). The summed E-state index contributed by atoms with van der Waals surface area (Å²) in [6.07, 6.45) is 5.78. The Morgan fingerprint density at radius 2 is 1.89 bits per heavy atom. The van der Waals surface area contributed by atoms with E-state index < -0.39 is 11.7 Å². The predicted molar refractivity (Wildman–Crippen MR) is 81.1 cm³/mol. The highest BCUT2D eigenvalue weighted by molar-refractivity contribution is 5.68. The summed E-state index contributed by atoms with van der Waals surface area (Å²) in [7, 11) is 0. The molecular weight excluding hydrogens is 238 g/mol. The van der Waals surface area contributed by atoms with Crippen LogP contribution in [0.2, 0.25) is 0 Å². The first kappa shape index (κ1) is 17.5. The molecule has 1 amide bonds. The number of carbonyl (C=O) groups excluding carboxylic acids is 1. The molecule has 1 N–H and O–H groups in total. The van der Waals surface area contributed by atoms with E-state index in [1.165, 1.54) is 0 Å². The minimum Gasteiger partial charge on any atom is -0.444 e. The molecule has 0 aromatic heterocycles. The molecule has 0 fully saturated rings. The average Bonchev–Trinajstić information content (AvgIpc) is 2.23. The zero-order valence-electron chi connectivity index (χ0n) is 12.8. The molecule has 0 aliphatic heterocycles. The van der Waals surface area contributed by atoms with Crippen LogP contribution in [0.3, 0.4) is 0 Å². The van der Waals surface area contributed by atoms with Gasteiger partial charge in [0.2, 0.25) is 0 Å². The molecule has 1 atom stereocenters. The minimum atomic E-state index is -0.494. The Bertz CT molecular complexity index is 348. The molecule has 3 heteroatoms. The lowest BCUT2D eigenvalue weighted by Gasteiger charge is -2.27. The van der Waals surface area contributed by atoms with E-state index in [1.807, 2.05) is 32.9 Å². The first-order chi connectivity index (χ1) is 8.71. The molecule has 0 aliphatic carbocycles. The fraction of sp³-hybridized carbons (Fsp3) is 0.562. The third kappa shape index (κ3) is 7.50. The van der Waals surface area contributed by atoms with E-state index in [0.717, 1.165) is 5.57 Å². The molecule has 0 saturated carbocycles. The van der Waals surface area contributed by atoms with Gasteiger partial charge in [-0.1, -0.05) is 38.7 Å². The second-order valence-electron chi connectivity index (χ2n) is 5.84. The highest BCUT2D eigenvalue weighted by atomic mass is 16.6. The van der Waals surface area contributed by atoms with Crippen LogP contribution in [0.25, 0.3) is 0 Å². The molecular formula is C16H27NO2. The van der Waals surface area contributed by atoms with Crippen LogP contribution in [0, 0.1) is 5.92 Å². The number of amides is 1. The van der Waals surface area contributed by atoms with Gasteiger partial charge in [0.05, 0.1) is 6.04 Å². The summed E-state index contributed by atoms with van der Waals surface area (Å²) in [5.74, 6) is 0.263. The van der Waals surface area contributed by atoms with Gasteiger partial charge in [0.1, 0.15) is 5.60 Å². The highest BCUT2D eigenvalue weighted by Crippen LogP contribution is 2.17. The van der Waals surface area contributed by atoms with Crippen molar-refractivity contribution in [3.05, 3.63) is 37.0 Å². The van der Waals surface area contributed by atoms with Crippen molar-refractivity contribution in [3.8, 4) is 0 Å². The largest absolute Gasteiger partial charge is 0.444 e. The molecule has 0 aliphatic rings. The molecule has 0 heterocycles. The topological polar surface area (TPSA) is 38.3 Å². The van der Waals surface area contributed by atoms with Crippen molar-refractivity contribution in [1.82, 2.24) is 5.32 Å². The number of alkyl carbamates (subject to hydrolysis) is 1. The molecule has 108 valence electrons. The second-order valence-corrected chi connectivity index (χ2v) is 5.84. The number of rotatable bonds is 6. The van der Waals surface area contributed by atoms with Crippen LogP contribution in [-0.2, 0) is 4.74 Å². The summed E-state index contributed by atoms with van der Waals surface area (Å²) in [6, 6.07) is -0.0779. The van der Waals surface area contributed by atoms with Crippen LogP contribution in [0.15, 0.2) is 37.0 Å². The Labute approximate surface area is 117 Å². The molecule has 0 unspecified atom stereocenters. The Kier molecular flexibility index (Phi) is 7.20. The quantitative estimate of drug-likeness (QED) is 0.576. The summed E-state index contributed by atoms with van der Waals surface area (Å²) < 4.78 is 5.30. The minimum absolute atomic E-state index is 0.0779. The van der Waals surface area contributed by atoms with E-state index in [-0.39, 0.29) is 12.0 Å². The smallest absolute Gasteiger partial charge is 0.408 e. The molecule has 0 radical (unpaired) electrons. The van der Waals surface area contributed by atoms with E-state index >= 15 is 0 Å². The zero-order chi connectivity index (χ0) is 15.1. The van der Waals surface area contributed by atoms with Crippen molar-refractivity contribution in [2.24, 2.45) is 5.92 Å². The van der Waals surface area contributed by atoms with Crippen molar-refractivity contribution in [3.63, 3.8) is 0 Å². The number of hydrogen-bond acceptors (Lipinski definition) is 2. The molecule has 0 aromatic rings. The molecule has 3 nitrogen and oxygen atoms in total. The summed E-state index contributed by atoms with van der Waals surface area (Å²) in [4.78, 5) is 11.9. The Morgan fingerprint density at radius 3 is 2.26 bits per heavy atom. The molecule has 0 spiro atoms. The van der Waals surface area contributed by atoms with Gasteiger partial charge in [0, 0.05) is 0 Å². The lowest BCUT2D eigenvalue weighted by atomic mass is 9.93. The van der Waals surface area contributed by atoms with Crippen LogP contribution in [0.4, 0.5) is 4.79 Å². The Morgan fingerprint density at radius 1 is 1.32 bits per heavy atom. The van der Waals surface area contributed by atoms with Crippen LogP contribution in [0.5, 0.6) is 0 Å². The molecule has 0 saturated heterocycles. The van der Waals surface area contributed by atoms with E-state index in [2.05, 4.69) is 32.3 Å². The molecule has 19 heavy (non-hydrogen) atoms. The lowest BCUT2D eigenvalue weighted by Crippen LogP contribution is -2.42. The van der Waals surface area contributed by atoms with Crippen LogP contribution >= 0.6 is 0 Å². The van der Waals surface area contributed by atoms with Gasteiger partial charge in [0.25, 0.3) is 0 Å². The van der Waals surface area contributed by atoms with E-state index in [1.54, 1.807) is 6.08 Å². The maximum atomic E-state index is 11.9. The standard InChI is InChI=1S/C16H27NO2/c1-8-10-13(11-9-2)14(12(3)4)17-15(18)19-16(5,6)7/h8-10,12,14H,1-2,11H2,3-7H3,(H,17,18)/b13-10+/t14-/m0/s1. The van der Waals surface area contributed by atoms with Gasteiger partial charge in [-0.2, -0.15) is 0 Å². The van der Waals surface area contributed by atoms with Gasteiger partial charge in [-0.3, -0.25) is 0 Å². The van der Waals surface area contributed by atoms with Gasteiger partial charge in [0.15, 0.2) is 0 Å². The molecule has 0 aromatic carbocycles. The Hall–Kier alpha value is -1.51. The zero-order valence-corrected chi connectivity index (χ0v) is 12.8. The first-order valence-electron chi connectivity index (χ1n) is 6.63. The van der Waals surface area contributed by atoms with Crippen molar-refractivity contribution < 1.29 is 9.53 Å². The van der Waals surface area contributed by atoms with Crippen molar-refractivity contribution in [2.75, 3.05) is 0 Å². The summed E-state index contributed by atoms with van der Waals surface area (Å²) in [5.41, 5.74) is 0.581. The van der Waals surface area contributed by atoms with Crippen molar-refractivity contribution in [1.29, 1.82) is 0 Å². The Balaban J connectivity index is 4.91. The lowest BCUT2D eigenvalue weighted by molar-refractivity contribution is 0.0500. The van der Waals surface area contributed by atoms with Gasteiger partial charge in [-0.05, 0) is 38.7 Å². The van der Waals surface area contributed by atoms with Crippen LogP contribution < -0.4 is 5.32 Å². The van der Waals surface area contributed by atoms with E-state index in [0.29, 0.717) is 6.42 Å². The maximum Gasteiger partial charge on any atom is 0.408 e. The van der Waals surface area contributed by atoms with Crippen LogP contribution in [0.1, 0.15) is 41.0 Å². The van der Waals surface area contributed by atoms with E-state index in [9.17, 15) is 4.79 Å². The normalized spacial score (nSPS) is 13.9. The monoisotopic (exact) mass is 265 g/mol. The fourth-order valence-corrected chi connectivity index (χ4v) is 1.74. The summed E-state index contributed by atoms with van der Waals surface area (Å²) in [5, 5.41) is 2.92. The third-order valence-electron chi connectivity index (χ3n) is 2.45. The SMILES string of the molecule is C=C/C=C(\CC=C)[C@@H](NC(=O)OC(C)(C)C)C(C)C. The van der Waals surface area contributed by atoms with Crippen LogP contribution in [-0.4, -0.2) is 17.7 Å². The van der Waals surface area contributed by atoms with Gasteiger partial charge >= 0.3 is 6.09 Å². The molecule has 0 bridgehead atoms. The van der Waals surface area contributed by atoms with E-state index in [4.69, 9.17) is 4.74 Å². The summed E-state index contributed by atoms with van der Waals surface area (Å²) in [6.45, 7) is 17.1. The van der Waals surface area contributed by atoms with Crippen molar-refractivity contribution in [2.45, 2.75) is 52.7 Å². The fourth-order valence-electron chi connectivity index (χ4n) is 1.74. The number of ether oxygens (including phenoxy) is 1. The number of allylic oxidation sites excluding steroid dienone is 3. The first-order valence-corrected chi connectivity index (χ1v) is 6.63. The predicted octanol–water partition coefficient (Wildman–Crippen LogP) is 4.22. The average molecular weight is 265 g/mol. The van der Waals surface area contributed by atoms with Gasteiger partial charge in [-0.25, -0.2) is 4.79 Å². The number of nitrogens with one attached hydrogen (secondary N) is 1. The van der Waals surface area contributed by atoms with Gasteiger partial charge in [-0.15, -0.1) is 6.58 Å². The van der Waals surface area contributed by atoms with Gasteiger partial charge < -0.3 is 10.1 Å². The van der Waals surface area contributed by atoms with Crippen molar-refractivity contribution >= 4 is 6.09 Å². The second kappa shape index (κ2) is 7.82. The third-order valence-corrected chi connectivity index (χ3v) is 2.45. The number of hydrogen-bond donors (Lipinski definition) is 1. The number of carbonyl (C=O) groups is 1. The summed E-state index contributed by atoms with van der Waals surface area (Å²) >= 11 is 0. The highest BCUT2D eigenvalue weighted by Gasteiger charge is 2.23.